The molecule has 1 fully saturated rings. The number of amides is 1. The van der Waals surface area contributed by atoms with Crippen molar-refractivity contribution < 1.29 is 14.6 Å². The second-order valence-corrected chi connectivity index (χ2v) is 7.75. The van der Waals surface area contributed by atoms with Crippen molar-refractivity contribution in [2.24, 2.45) is 0 Å². The third-order valence-corrected chi connectivity index (χ3v) is 5.80. The molecular formula is C20H26ClN3O3. The molecule has 1 aromatic heterocycles. The number of aliphatic hydroxyl groups is 1. The van der Waals surface area contributed by atoms with Crippen LogP contribution in [0.25, 0.3) is 0 Å². The molecule has 0 spiro atoms. The minimum Gasteiger partial charge on any atom is -0.484 e. The van der Waals surface area contributed by atoms with Crippen molar-refractivity contribution >= 4 is 17.5 Å². The highest BCUT2D eigenvalue weighted by atomic mass is 35.5. The Balaban J connectivity index is 1.52. The Morgan fingerprint density at radius 1 is 1.26 bits per heavy atom. The Bertz CT molecular complexity index is 803. The summed E-state index contributed by atoms with van der Waals surface area (Å²) in [5.74, 6) is 1.46. The van der Waals surface area contributed by atoms with Crippen molar-refractivity contribution in [2.75, 3.05) is 19.7 Å². The van der Waals surface area contributed by atoms with Gasteiger partial charge in [-0.2, -0.15) is 0 Å². The van der Waals surface area contributed by atoms with Crippen molar-refractivity contribution in [1.82, 2.24) is 14.5 Å². The molecule has 0 saturated carbocycles. The molecule has 146 valence electrons. The molecule has 3 rings (SSSR count). The predicted molar refractivity (Wildman–Crippen MR) is 104 cm³/mol. The number of piperidine rings is 1. The van der Waals surface area contributed by atoms with E-state index in [9.17, 15) is 9.90 Å². The zero-order chi connectivity index (χ0) is 19.6. The molecule has 6 nitrogen and oxygen atoms in total. The van der Waals surface area contributed by atoms with Gasteiger partial charge in [0, 0.05) is 30.5 Å². The lowest BCUT2D eigenvalue weighted by Gasteiger charge is -2.38. The van der Waals surface area contributed by atoms with Crippen LogP contribution >= 0.6 is 11.6 Å². The number of carbonyl (C=O) groups excluding carboxylic acids is 1. The van der Waals surface area contributed by atoms with Crippen LogP contribution in [0.5, 0.6) is 5.75 Å². The molecule has 0 aliphatic carbocycles. The molecule has 0 radical (unpaired) electrons. The Kier molecular flexibility index (Phi) is 5.77. The maximum Gasteiger partial charge on any atom is 0.260 e. The lowest BCUT2D eigenvalue weighted by Crippen LogP contribution is -2.49. The van der Waals surface area contributed by atoms with E-state index in [0.717, 1.165) is 22.0 Å². The number of hydrogen-bond acceptors (Lipinski definition) is 4. The summed E-state index contributed by atoms with van der Waals surface area (Å²) < 4.78 is 7.62. The third kappa shape index (κ3) is 4.62. The van der Waals surface area contributed by atoms with Crippen molar-refractivity contribution in [2.45, 2.75) is 45.8 Å². The van der Waals surface area contributed by atoms with Crippen molar-refractivity contribution in [1.29, 1.82) is 0 Å². The Morgan fingerprint density at radius 2 is 1.89 bits per heavy atom. The summed E-state index contributed by atoms with van der Waals surface area (Å²) in [5.41, 5.74) is 1.04. The molecule has 1 N–H and O–H groups in total. The predicted octanol–water partition coefficient (Wildman–Crippen LogP) is 2.89. The first-order chi connectivity index (χ1) is 12.8. The Hall–Kier alpha value is -2.05. The molecule has 1 amide bonds. The monoisotopic (exact) mass is 391 g/mol. The number of nitrogens with zero attached hydrogens (tertiary/aromatic N) is 3. The molecular weight excluding hydrogens is 366 g/mol. The van der Waals surface area contributed by atoms with Gasteiger partial charge in [-0.15, -0.1) is 0 Å². The fraction of sp³-hybridized carbons (Fsp3) is 0.500. The molecule has 0 bridgehead atoms. The summed E-state index contributed by atoms with van der Waals surface area (Å²) in [5, 5.41) is 11.6. The van der Waals surface area contributed by atoms with Gasteiger partial charge in [0.05, 0.1) is 12.1 Å². The summed E-state index contributed by atoms with van der Waals surface area (Å²) in [6, 6.07) is 3.68. The molecule has 0 atom stereocenters. The van der Waals surface area contributed by atoms with Gasteiger partial charge < -0.3 is 19.3 Å². The van der Waals surface area contributed by atoms with E-state index in [4.69, 9.17) is 16.3 Å². The number of benzene rings is 1. The van der Waals surface area contributed by atoms with Crippen LogP contribution in [0.4, 0.5) is 0 Å². The van der Waals surface area contributed by atoms with E-state index in [1.807, 2.05) is 43.7 Å². The Morgan fingerprint density at radius 3 is 2.44 bits per heavy atom. The molecule has 2 heterocycles. The largest absolute Gasteiger partial charge is 0.484 e. The van der Waals surface area contributed by atoms with Crippen molar-refractivity contribution in [3.05, 3.63) is 46.5 Å². The van der Waals surface area contributed by atoms with E-state index < -0.39 is 5.60 Å². The van der Waals surface area contributed by atoms with E-state index in [2.05, 4.69) is 4.98 Å². The van der Waals surface area contributed by atoms with Crippen LogP contribution in [0.1, 0.15) is 29.8 Å². The normalized spacial score (nSPS) is 16.4. The number of hydrogen-bond donors (Lipinski definition) is 1. The fourth-order valence-electron chi connectivity index (χ4n) is 3.44. The first-order valence-electron chi connectivity index (χ1n) is 9.15. The van der Waals surface area contributed by atoms with Crippen LogP contribution in [-0.2, 0) is 11.3 Å². The molecule has 0 unspecified atom stereocenters. The minimum absolute atomic E-state index is 0.0143. The Labute approximate surface area is 164 Å². The second-order valence-electron chi connectivity index (χ2n) is 7.37. The quantitative estimate of drug-likeness (QED) is 0.850. The summed E-state index contributed by atoms with van der Waals surface area (Å²) in [6.45, 7) is 7.27. The van der Waals surface area contributed by atoms with Gasteiger partial charge in [0.15, 0.2) is 6.61 Å². The third-order valence-electron chi connectivity index (χ3n) is 5.21. The molecule has 27 heavy (non-hydrogen) atoms. The van der Waals surface area contributed by atoms with E-state index >= 15 is 0 Å². The number of ether oxygens (including phenoxy) is 1. The number of aryl methyl sites for hydroxylation is 3. The summed E-state index contributed by atoms with van der Waals surface area (Å²) in [7, 11) is 0. The number of rotatable bonds is 5. The lowest BCUT2D eigenvalue weighted by atomic mass is 9.91. The fourth-order valence-corrected chi connectivity index (χ4v) is 3.55. The SMILES string of the molecule is Cc1cc(OCC(=O)N2CCC(O)(Cn3ccnc3C)CC2)cc(C)c1Cl. The van der Waals surface area contributed by atoms with Crippen LogP contribution in [0, 0.1) is 20.8 Å². The lowest BCUT2D eigenvalue weighted by molar-refractivity contribution is -0.138. The minimum atomic E-state index is -0.812. The van der Waals surface area contributed by atoms with Crippen LogP contribution in [0.15, 0.2) is 24.5 Å². The van der Waals surface area contributed by atoms with Crippen LogP contribution in [0.3, 0.4) is 0 Å². The highest BCUT2D eigenvalue weighted by Gasteiger charge is 2.34. The number of halogens is 1. The maximum absolute atomic E-state index is 12.5. The topological polar surface area (TPSA) is 67.6 Å². The van der Waals surface area contributed by atoms with E-state index in [0.29, 0.717) is 38.2 Å². The van der Waals surface area contributed by atoms with Gasteiger partial charge in [0.1, 0.15) is 11.6 Å². The molecule has 7 heteroatoms. The average Bonchev–Trinajstić information content (AvgIpc) is 3.02. The van der Waals surface area contributed by atoms with Gasteiger partial charge in [-0.05, 0) is 56.9 Å². The van der Waals surface area contributed by atoms with Gasteiger partial charge in [-0.1, -0.05) is 11.6 Å². The van der Waals surface area contributed by atoms with Gasteiger partial charge in [0.25, 0.3) is 5.91 Å². The summed E-state index contributed by atoms with van der Waals surface area (Å²) in [6.07, 6.45) is 4.68. The highest BCUT2D eigenvalue weighted by molar-refractivity contribution is 6.32. The number of aromatic nitrogens is 2. The van der Waals surface area contributed by atoms with E-state index in [-0.39, 0.29) is 12.5 Å². The second kappa shape index (κ2) is 7.90. The zero-order valence-corrected chi connectivity index (χ0v) is 16.8. The molecule has 1 aromatic carbocycles. The van der Waals surface area contributed by atoms with E-state index in [1.54, 1.807) is 11.1 Å². The molecule has 1 aliphatic heterocycles. The number of likely N-dealkylation sites (tertiary alicyclic amines) is 1. The van der Waals surface area contributed by atoms with E-state index in [1.165, 1.54) is 0 Å². The smallest absolute Gasteiger partial charge is 0.260 e. The molecule has 2 aromatic rings. The standard InChI is InChI=1S/C20H26ClN3O3/c1-14-10-17(11-15(2)19(14)21)27-12-18(25)23-7-4-20(26,5-8-23)13-24-9-6-22-16(24)3/h6,9-11,26H,4-5,7-8,12-13H2,1-3H3. The van der Waals surface area contributed by atoms with Gasteiger partial charge >= 0.3 is 0 Å². The first kappa shape index (κ1) is 19.7. The average molecular weight is 392 g/mol. The van der Waals surface area contributed by atoms with Crippen molar-refractivity contribution in [3.8, 4) is 5.75 Å². The zero-order valence-electron chi connectivity index (χ0n) is 16.0. The molecule has 1 aliphatic rings. The van der Waals surface area contributed by atoms with Crippen LogP contribution in [-0.4, -0.2) is 50.8 Å². The summed E-state index contributed by atoms with van der Waals surface area (Å²) in [4.78, 5) is 18.4. The number of carbonyl (C=O) groups is 1. The van der Waals surface area contributed by atoms with Gasteiger partial charge in [0.2, 0.25) is 0 Å². The first-order valence-corrected chi connectivity index (χ1v) is 9.53. The number of imidazole rings is 1. The van der Waals surface area contributed by atoms with Crippen LogP contribution < -0.4 is 4.74 Å². The van der Waals surface area contributed by atoms with Crippen LogP contribution in [0.2, 0.25) is 5.02 Å². The highest BCUT2D eigenvalue weighted by Crippen LogP contribution is 2.27. The summed E-state index contributed by atoms with van der Waals surface area (Å²) >= 11 is 6.16. The maximum atomic E-state index is 12.5. The molecule has 1 saturated heterocycles. The van der Waals surface area contributed by atoms with Crippen molar-refractivity contribution in [3.63, 3.8) is 0 Å². The van der Waals surface area contributed by atoms with Gasteiger partial charge in [-0.3, -0.25) is 4.79 Å². The van der Waals surface area contributed by atoms with Gasteiger partial charge in [-0.25, -0.2) is 4.98 Å².